The van der Waals surface area contributed by atoms with Crippen molar-refractivity contribution in [1.82, 2.24) is 9.97 Å². The molecule has 0 amide bonds. The van der Waals surface area contributed by atoms with Crippen LogP contribution in [0.5, 0.6) is 11.5 Å². The fraction of sp³-hybridized carbons (Fsp3) is 0.125. The van der Waals surface area contributed by atoms with Crippen LogP contribution in [0.25, 0.3) is 10.9 Å². The van der Waals surface area contributed by atoms with Crippen LogP contribution in [0, 0.1) is 0 Å². The minimum atomic E-state index is -0.387. The van der Waals surface area contributed by atoms with Gasteiger partial charge >= 0.3 is 5.69 Å². The Bertz CT molecular complexity index is 813. The molecule has 1 N–H and O–H groups in total. The maximum Gasteiger partial charge on any atom is 0.345 e. The summed E-state index contributed by atoms with van der Waals surface area (Å²) in [4.78, 5) is 17.6. The lowest BCUT2D eigenvalue weighted by molar-refractivity contribution is 0.285. The van der Waals surface area contributed by atoms with Gasteiger partial charge in [-0.25, -0.2) is 9.78 Å². The smallest absolute Gasteiger partial charge is 0.345 e. The Morgan fingerprint density at radius 2 is 1.95 bits per heavy atom. The highest BCUT2D eigenvalue weighted by molar-refractivity contribution is 5.81. The van der Waals surface area contributed by atoms with E-state index in [-0.39, 0.29) is 5.69 Å². The molecule has 0 unspecified atom stereocenters. The van der Waals surface area contributed by atoms with Gasteiger partial charge < -0.3 is 14.5 Å². The number of hydrogen-bond acceptors (Lipinski definition) is 4. The Morgan fingerprint density at radius 3 is 2.71 bits per heavy atom. The number of nitrogens with one attached hydrogen (secondary N) is 1. The van der Waals surface area contributed by atoms with Crippen LogP contribution in [0.4, 0.5) is 0 Å². The number of aromatic nitrogens is 2. The number of rotatable bonds is 4. The zero-order valence-electron chi connectivity index (χ0n) is 11.5. The first-order valence-electron chi connectivity index (χ1n) is 6.50. The second-order valence-corrected chi connectivity index (χ2v) is 4.55. The van der Waals surface area contributed by atoms with E-state index < -0.39 is 0 Å². The van der Waals surface area contributed by atoms with Gasteiger partial charge in [-0.1, -0.05) is 30.3 Å². The van der Waals surface area contributed by atoms with Crippen molar-refractivity contribution in [3.63, 3.8) is 0 Å². The normalized spacial score (nSPS) is 10.5. The molecule has 0 saturated carbocycles. The second kappa shape index (κ2) is 5.66. The van der Waals surface area contributed by atoms with Crippen LogP contribution in [0.1, 0.15) is 5.56 Å². The number of ether oxygens (including phenoxy) is 2. The van der Waals surface area contributed by atoms with Gasteiger partial charge in [-0.05, 0) is 11.6 Å². The summed E-state index contributed by atoms with van der Waals surface area (Å²) < 4.78 is 11.1. The molecule has 0 aliphatic heterocycles. The maximum absolute atomic E-state index is 11.2. The third-order valence-corrected chi connectivity index (χ3v) is 3.14. The Morgan fingerprint density at radius 1 is 1.14 bits per heavy atom. The lowest BCUT2D eigenvalue weighted by Gasteiger charge is -2.11. The molecule has 21 heavy (non-hydrogen) atoms. The van der Waals surface area contributed by atoms with Crippen LogP contribution < -0.4 is 15.2 Å². The number of aromatic amines is 1. The summed E-state index contributed by atoms with van der Waals surface area (Å²) in [5.41, 5.74) is 1.35. The van der Waals surface area contributed by atoms with Crippen molar-refractivity contribution >= 4 is 10.9 Å². The standard InChI is InChI=1S/C16H14N2O3/c1-20-14-8-13-12(9-17-16(19)18-13)7-15(14)21-10-11-5-3-2-4-6-11/h2-9H,10H2,1H3,(H,17,18,19). The minimum absolute atomic E-state index is 0.387. The molecule has 3 rings (SSSR count). The molecule has 5 heteroatoms. The van der Waals surface area contributed by atoms with E-state index in [1.165, 1.54) is 6.20 Å². The van der Waals surface area contributed by atoms with E-state index in [1.807, 2.05) is 30.3 Å². The fourth-order valence-electron chi connectivity index (χ4n) is 2.07. The summed E-state index contributed by atoms with van der Waals surface area (Å²) in [6.07, 6.45) is 1.52. The Balaban J connectivity index is 1.93. The number of nitrogens with zero attached hydrogens (tertiary/aromatic N) is 1. The average molecular weight is 282 g/mol. The molecule has 0 bridgehead atoms. The lowest BCUT2D eigenvalue weighted by atomic mass is 10.2. The molecule has 0 radical (unpaired) electrons. The number of hydrogen-bond donors (Lipinski definition) is 1. The highest BCUT2D eigenvalue weighted by Gasteiger charge is 2.08. The third-order valence-electron chi connectivity index (χ3n) is 3.14. The van der Waals surface area contributed by atoms with Gasteiger partial charge in [-0.2, -0.15) is 0 Å². The van der Waals surface area contributed by atoms with Gasteiger partial charge in [0, 0.05) is 17.6 Å². The van der Waals surface area contributed by atoms with E-state index in [0.29, 0.717) is 23.6 Å². The monoisotopic (exact) mass is 282 g/mol. The summed E-state index contributed by atoms with van der Waals surface area (Å²) in [6.45, 7) is 0.444. The van der Waals surface area contributed by atoms with Crippen molar-refractivity contribution in [2.24, 2.45) is 0 Å². The molecule has 0 atom stereocenters. The molecule has 1 heterocycles. The topological polar surface area (TPSA) is 64.2 Å². The minimum Gasteiger partial charge on any atom is -0.493 e. The van der Waals surface area contributed by atoms with Gasteiger partial charge in [0.1, 0.15) is 6.61 Å². The van der Waals surface area contributed by atoms with Gasteiger partial charge in [0.2, 0.25) is 0 Å². The second-order valence-electron chi connectivity index (χ2n) is 4.55. The first-order valence-corrected chi connectivity index (χ1v) is 6.50. The van der Waals surface area contributed by atoms with Crippen LogP contribution in [0.15, 0.2) is 53.5 Å². The lowest BCUT2D eigenvalue weighted by Crippen LogP contribution is -2.08. The molecule has 0 fully saturated rings. The first-order chi connectivity index (χ1) is 10.3. The predicted molar refractivity (Wildman–Crippen MR) is 79.7 cm³/mol. The number of H-pyrrole nitrogens is 1. The molecule has 5 nitrogen and oxygen atoms in total. The Kier molecular flexibility index (Phi) is 3.55. The van der Waals surface area contributed by atoms with E-state index in [9.17, 15) is 4.79 Å². The summed E-state index contributed by atoms with van der Waals surface area (Å²) in [7, 11) is 1.57. The molecule has 0 saturated heterocycles. The van der Waals surface area contributed by atoms with E-state index in [0.717, 1.165) is 10.9 Å². The van der Waals surface area contributed by atoms with E-state index >= 15 is 0 Å². The third kappa shape index (κ3) is 2.86. The highest BCUT2D eigenvalue weighted by Crippen LogP contribution is 2.31. The van der Waals surface area contributed by atoms with Crippen molar-refractivity contribution in [2.45, 2.75) is 6.61 Å². The first kappa shape index (κ1) is 13.2. The molecule has 106 valence electrons. The van der Waals surface area contributed by atoms with Crippen LogP contribution in [0.2, 0.25) is 0 Å². The number of benzene rings is 2. The Hall–Kier alpha value is -2.82. The van der Waals surface area contributed by atoms with Gasteiger partial charge in [0.15, 0.2) is 11.5 Å². The quantitative estimate of drug-likeness (QED) is 0.798. The van der Waals surface area contributed by atoms with Crippen molar-refractivity contribution in [2.75, 3.05) is 7.11 Å². The molecule has 0 aliphatic rings. The summed E-state index contributed by atoms with van der Waals surface area (Å²) in [5, 5.41) is 0.790. The maximum atomic E-state index is 11.2. The summed E-state index contributed by atoms with van der Waals surface area (Å²) >= 11 is 0. The zero-order valence-corrected chi connectivity index (χ0v) is 11.5. The van der Waals surface area contributed by atoms with Crippen LogP contribution in [0.3, 0.4) is 0 Å². The Labute approximate surface area is 121 Å². The van der Waals surface area contributed by atoms with Crippen LogP contribution in [-0.2, 0) is 6.61 Å². The van der Waals surface area contributed by atoms with Crippen LogP contribution >= 0.6 is 0 Å². The molecule has 1 aromatic heterocycles. The summed E-state index contributed by atoms with van der Waals surface area (Å²) in [5.74, 6) is 1.18. The molecule has 0 spiro atoms. The number of fused-ring (bicyclic) bond motifs is 1. The van der Waals surface area contributed by atoms with Gasteiger partial charge in [-0.3, -0.25) is 0 Å². The van der Waals surface area contributed by atoms with Gasteiger partial charge in [-0.15, -0.1) is 0 Å². The molecule has 2 aromatic carbocycles. The largest absolute Gasteiger partial charge is 0.493 e. The fourth-order valence-corrected chi connectivity index (χ4v) is 2.07. The molecular weight excluding hydrogens is 268 g/mol. The van der Waals surface area contributed by atoms with Crippen molar-refractivity contribution in [3.8, 4) is 11.5 Å². The van der Waals surface area contributed by atoms with Crippen molar-refractivity contribution in [3.05, 3.63) is 64.7 Å². The SMILES string of the molecule is COc1cc2[nH]c(=O)ncc2cc1OCc1ccccc1. The number of methoxy groups -OCH3 is 1. The van der Waals surface area contributed by atoms with Crippen molar-refractivity contribution in [1.29, 1.82) is 0 Å². The zero-order chi connectivity index (χ0) is 14.7. The van der Waals surface area contributed by atoms with Gasteiger partial charge in [0.05, 0.1) is 12.6 Å². The molecule has 0 aliphatic carbocycles. The molecule has 3 aromatic rings. The van der Waals surface area contributed by atoms with Gasteiger partial charge in [0.25, 0.3) is 0 Å². The highest BCUT2D eigenvalue weighted by atomic mass is 16.5. The van der Waals surface area contributed by atoms with E-state index in [2.05, 4.69) is 9.97 Å². The van der Waals surface area contributed by atoms with E-state index in [4.69, 9.17) is 9.47 Å². The van der Waals surface area contributed by atoms with Crippen LogP contribution in [-0.4, -0.2) is 17.1 Å². The molecular formula is C16H14N2O3. The average Bonchev–Trinajstić information content (AvgIpc) is 2.53. The van der Waals surface area contributed by atoms with Crippen molar-refractivity contribution < 1.29 is 9.47 Å². The predicted octanol–water partition coefficient (Wildman–Crippen LogP) is 2.51. The summed E-state index contributed by atoms with van der Waals surface area (Å²) in [6, 6.07) is 13.4. The van der Waals surface area contributed by atoms with E-state index in [1.54, 1.807) is 19.2 Å².